The van der Waals surface area contributed by atoms with Crippen molar-refractivity contribution in [3.8, 4) is 17.2 Å². The van der Waals surface area contributed by atoms with Crippen molar-refractivity contribution < 1.29 is 9.18 Å². The lowest BCUT2D eigenvalue weighted by molar-refractivity contribution is -0.122. The van der Waals surface area contributed by atoms with E-state index in [0.717, 1.165) is 29.8 Å². The molecule has 2 fully saturated rings. The van der Waals surface area contributed by atoms with Gasteiger partial charge in [-0.05, 0) is 29.7 Å². The molecule has 0 spiro atoms. The van der Waals surface area contributed by atoms with E-state index in [9.17, 15) is 14.4 Å². The van der Waals surface area contributed by atoms with Crippen LogP contribution in [0.2, 0.25) is 0 Å². The number of carbonyl (C=O) groups is 1. The van der Waals surface area contributed by atoms with E-state index in [0.29, 0.717) is 12.1 Å². The Bertz CT molecular complexity index is 910. The Morgan fingerprint density at radius 2 is 1.93 bits per heavy atom. The number of alkyl halides is 1. The average Bonchev–Trinajstić information content (AvgIpc) is 3.35. The van der Waals surface area contributed by atoms with Gasteiger partial charge in [-0.1, -0.05) is 36.4 Å². The van der Waals surface area contributed by atoms with Gasteiger partial charge >= 0.3 is 0 Å². The molecule has 2 aliphatic heterocycles. The van der Waals surface area contributed by atoms with Gasteiger partial charge < -0.3 is 10.6 Å². The van der Waals surface area contributed by atoms with Crippen molar-refractivity contribution in [2.24, 2.45) is 5.73 Å². The Hall–Kier alpha value is -2.91. The predicted octanol–water partition coefficient (Wildman–Crippen LogP) is 2.70. The summed E-state index contributed by atoms with van der Waals surface area (Å²) < 4.78 is 13.9. The number of rotatable bonds is 4. The molecule has 5 nitrogen and oxygen atoms in total. The fourth-order valence-electron chi connectivity index (χ4n) is 4.43. The van der Waals surface area contributed by atoms with Gasteiger partial charge in [-0.2, -0.15) is 5.26 Å². The molecule has 0 aliphatic carbocycles. The van der Waals surface area contributed by atoms with Gasteiger partial charge in [0.05, 0.1) is 17.3 Å². The summed E-state index contributed by atoms with van der Waals surface area (Å²) in [6.45, 7) is 1.68. The number of halogens is 1. The molecule has 2 aliphatic rings. The molecule has 3 atom stereocenters. The average molecular weight is 378 g/mol. The van der Waals surface area contributed by atoms with Crippen LogP contribution in [0.5, 0.6) is 0 Å². The van der Waals surface area contributed by atoms with Gasteiger partial charge in [0.1, 0.15) is 12.2 Å². The summed E-state index contributed by atoms with van der Waals surface area (Å²) in [6, 6.07) is 17.7. The minimum atomic E-state index is -1.01. The topological polar surface area (TPSA) is 73.4 Å². The van der Waals surface area contributed by atoms with Crippen LogP contribution in [0.15, 0.2) is 48.5 Å². The lowest BCUT2D eigenvalue weighted by Gasteiger charge is -2.29. The quantitative estimate of drug-likeness (QED) is 0.888. The van der Waals surface area contributed by atoms with E-state index in [1.807, 2.05) is 53.4 Å². The van der Waals surface area contributed by atoms with Crippen molar-refractivity contribution in [2.75, 3.05) is 24.5 Å². The van der Waals surface area contributed by atoms with Gasteiger partial charge in [-0.15, -0.1) is 0 Å². The Labute approximate surface area is 164 Å². The van der Waals surface area contributed by atoms with Gasteiger partial charge in [0, 0.05) is 32.1 Å². The molecule has 2 saturated heterocycles. The highest BCUT2D eigenvalue weighted by Gasteiger charge is 2.42. The van der Waals surface area contributed by atoms with Gasteiger partial charge in [0.15, 0.2) is 0 Å². The molecule has 144 valence electrons. The summed E-state index contributed by atoms with van der Waals surface area (Å²) in [4.78, 5) is 15.8. The van der Waals surface area contributed by atoms with E-state index < -0.39 is 18.1 Å². The third-order valence-corrected chi connectivity index (χ3v) is 5.81. The number of nitrogens with zero attached hydrogens (tertiary/aromatic N) is 3. The van der Waals surface area contributed by atoms with E-state index in [2.05, 4.69) is 11.0 Å². The first-order valence-electron chi connectivity index (χ1n) is 9.60. The van der Waals surface area contributed by atoms with Crippen molar-refractivity contribution in [1.29, 1.82) is 5.26 Å². The van der Waals surface area contributed by atoms with Crippen LogP contribution >= 0.6 is 0 Å². The van der Waals surface area contributed by atoms with Gasteiger partial charge in [-0.25, -0.2) is 4.39 Å². The Kier molecular flexibility index (Phi) is 5.01. The number of nitriles is 1. The highest BCUT2D eigenvalue weighted by atomic mass is 19.1. The van der Waals surface area contributed by atoms with E-state index in [1.165, 1.54) is 0 Å². The number of hydrogen-bond acceptors (Lipinski definition) is 4. The zero-order chi connectivity index (χ0) is 19.7. The number of carbonyl (C=O) groups excluding carboxylic acids is 1. The monoisotopic (exact) mass is 378 g/mol. The lowest BCUT2D eigenvalue weighted by Crippen LogP contribution is -2.47. The van der Waals surface area contributed by atoms with Crippen LogP contribution < -0.4 is 10.6 Å². The highest BCUT2D eigenvalue weighted by Crippen LogP contribution is 2.32. The third kappa shape index (κ3) is 3.46. The number of likely N-dealkylation sites (tertiary alicyclic amines) is 1. The number of nitrogens with two attached hydrogens (primary N) is 1. The number of amides is 1. The van der Waals surface area contributed by atoms with Crippen LogP contribution in [0.3, 0.4) is 0 Å². The lowest BCUT2D eigenvalue weighted by atomic mass is 10.0. The van der Waals surface area contributed by atoms with E-state index in [-0.39, 0.29) is 19.0 Å². The molecule has 0 unspecified atom stereocenters. The molecule has 2 heterocycles. The van der Waals surface area contributed by atoms with Crippen LogP contribution in [0, 0.1) is 11.3 Å². The summed E-state index contributed by atoms with van der Waals surface area (Å²) in [7, 11) is 0. The number of primary amides is 1. The van der Waals surface area contributed by atoms with E-state index in [4.69, 9.17) is 5.73 Å². The molecule has 2 aromatic rings. The SMILES string of the molecule is N#Cc1cc(-c2ccccc2)ccc1N1CC[C@H](N2C[C@@H](F)C[C@H]2C(N)=O)C1. The normalized spacial score (nSPS) is 25.0. The summed E-state index contributed by atoms with van der Waals surface area (Å²) >= 11 is 0. The van der Waals surface area contributed by atoms with Crippen LogP contribution in [0.1, 0.15) is 18.4 Å². The first-order valence-corrected chi connectivity index (χ1v) is 9.60. The molecule has 28 heavy (non-hydrogen) atoms. The fraction of sp³-hybridized carbons (Fsp3) is 0.364. The molecular weight excluding hydrogens is 355 g/mol. The standard InChI is InChI=1S/C22H23FN4O/c23-18-11-21(22(25)28)27(13-18)19-8-9-26(14-19)20-7-6-16(10-17(20)12-24)15-4-2-1-3-5-15/h1-7,10,18-19,21H,8-9,11,13-14H2,(H2,25,28)/t18-,19-,21-/m0/s1. The number of benzene rings is 2. The van der Waals surface area contributed by atoms with Crippen LogP contribution in [0.25, 0.3) is 11.1 Å². The molecule has 0 saturated carbocycles. The van der Waals surface area contributed by atoms with Crippen molar-refractivity contribution in [2.45, 2.75) is 31.1 Å². The number of anilines is 1. The van der Waals surface area contributed by atoms with Crippen molar-refractivity contribution in [3.05, 3.63) is 54.1 Å². The zero-order valence-electron chi connectivity index (χ0n) is 15.6. The summed E-state index contributed by atoms with van der Waals surface area (Å²) in [5.41, 5.74) is 9.06. The molecule has 4 rings (SSSR count). The molecule has 6 heteroatoms. The number of hydrogen-bond donors (Lipinski definition) is 1. The summed E-state index contributed by atoms with van der Waals surface area (Å²) in [5, 5.41) is 9.68. The van der Waals surface area contributed by atoms with Crippen molar-refractivity contribution in [1.82, 2.24) is 4.90 Å². The Morgan fingerprint density at radius 3 is 2.64 bits per heavy atom. The largest absolute Gasteiger partial charge is 0.369 e. The minimum absolute atomic E-state index is 0.0681. The second-order valence-electron chi connectivity index (χ2n) is 7.55. The zero-order valence-corrected chi connectivity index (χ0v) is 15.6. The molecule has 0 aromatic heterocycles. The second-order valence-corrected chi connectivity index (χ2v) is 7.55. The maximum Gasteiger partial charge on any atom is 0.234 e. The van der Waals surface area contributed by atoms with Crippen LogP contribution in [-0.2, 0) is 4.79 Å². The van der Waals surface area contributed by atoms with E-state index >= 15 is 0 Å². The van der Waals surface area contributed by atoms with Crippen molar-refractivity contribution in [3.63, 3.8) is 0 Å². The van der Waals surface area contributed by atoms with Crippen LogP contribution in [-0.4, -0.2) is 48.7 Å². The molecule has 0 bridgehead atoms. The maximum atomic E-state index is 13.9. The Balaban J connectivity index is 1.54. The first kappa shape index (κ1) is 18.5. The van der Waals surface area contributed by atoms with Gasteiger partial charge in [0.2, 0.25) is 5.91 Å². The third-order valence-electron chi connectivity index (χ3n) is 5.81. The van der Waals surface area contributed by atoms with E-state index in [1.54, 1.807) is 0 Å². The highest BCUT2D eigenvalue weighted by molar-refractivity contribution is 5.80. The predicted molar refractivity (Wildman–Crippen MR) is 106 cm³/mol. The molecule has 2 N–H and O–H groups in total. The molecular formula is C22H23FN4O. The summed E-state index contributed by atoms with van der Waals surface area (Å²) in [5.74, 6) is -0.455. The van der Waals surface area contributed by atoms with Crippen LogP contribution in [0.4, 0.5) is 10.1 Å². The second kappa shape index (κ2) is 7.61. The molecule has 1 amide bonds. The van der Waals surface area contributed by atoms with Gasteiger partial charge in [0.25, 0.3) is 0 Å². The smallest absolute Gasteiger partial charge is 0.234 e. The first-order chi connectivity index (χ1) is 13.6. The van der Waals surface area contributed by atoms with Crippen molar-refractivity contribution >= 4 is 11.6 Å². The molecule has 0 radical (unpaired) electrons. The Morgan fingerprint density at radius 1 is 1.14 bits per heavy atom. The molecule has 2 aromatic carbocycles. The fourth-order valence-corrected chi connectivity index (χ4v) is 4.43. The minimum Gasteiger partial charge on any atom is -0.369 e. The summed E-state index contributed by atoms with van der Waals surface area (Å²) in [6.07, 6.45) is -0.00515. The maximum absolute atomic E-state index is 13.9. The van der Waals surface area contributed by atoms with Gasteiger partial charge in [-0.3, -0.25) is 9.69 Å².